The number of carbonyl (C=O) groups is 2. The molecule has 17 heavy (non-hydrogen) atoms. The molecule has 1 aromatic heterocycles. The standard InChI is InChI=1S/C10H14N2O4S/c1-2-15-9(13)6-17-5-8-3-7(4-16-8)10(14)12-11/h3-4H,2,5-6,11H2,1H3,(H,12,14). The maximum absolute atomic E-state index is 11.1. The van der Waals surface area contributed by atoms with Crippen molar-refractivity contribution in [2.24, 2.45) is 5.84 Å². The minimum absolute atomic E-state index is 0.257. The van der Waals surface area contributed by atoms with E-state index in [1.54, 1.807) is 13.0 Å². The highest BCUT2D eigenvalue weighted by Gasteiger charge is 2.09. The number of carbonyl (C=O) groups excluding carboxylic acids is 2. The molecule has 0 radical (unpaired) electrons. The zero-order valence-electron chi connectivity index (χ0n) is 9.39. The molecule has 0 bridgehead atoms. The zero-order valence-corrected chi connectivity index (χ0v) is 10.2. The lowest BCUT2D eigenvalue weighted by molar-refractivity contribution is -0.139. The summed E-state index contributed by atoms with van der Waals surface area (Å²) in [5, 5.41) is 0. The maximum Gasteiger partial charge on any atom is 0.315 e. The first-order chi connectivity index (χ1) is 8.17. The highest BCUT2D eigenvalue weighted by molar-refractivity contribution is 7.99. The molecule has 6 nitrogen and oxygen atoms in total. The SMILES string of the molecule is CCOC(=O)CSCc1cc(C(=O)NN)co1. The molecule has 1 rings (SSSR count). The number of furan rings is 1. The summed E-state index contributed by atoms with van der Waals surface area (Å²) in [6, 6.07) is 1.58. The number of hydrogen-bond donors (Lipinski definition) is 2. The summed E-state index contributed by atoms with van der Waals surface area (Å²) in [7, 11) is 0. The van der Waals surface area contributed by atoms with Gasteiger partial charge in [0.1, 0.15) is 12.0 Å². The lowest BCUT2D eigenvalue weighted by atomic mass is 10.3. The first kappa shape index (κ1) is 13.6. The van der Waals surface area contributed by atoms with E-state index in [-0.39, 0.29) is 11.7 Å². The highest BCUT2D eigenvalue weighted by atomic mass is 32.2. The van der Waals surface area contributed by atoms with E-state index in [4.69, 9.17) is 15.0 Å². The van der Waals surface area contributed by atoms with Gasteiger partial charge in [-0.25, -0.2) is 5.84 Å². The Bertz CT molecular complexity index is 391. The van der Waals surface area contributed by atoms with Crippen molar-refractivity contribution in [3.63, 3.8) is 0 Å². The molecule has 0 unspecified atom stereocenters. The number of rotatable bonds is 6. The Hall–Kier alpha value is -1.47. The van der Waals surface area contributed by atoms with Crippen LogP contribution in [0.15, 0.2) is 16.7 Å². The van der Waals surface area contributed by atoms with Crippen molar-refractivity contribution in [1.82, 2.24) is 5.43 Å². The van der Waals surface area contributed by atoms with Crippen LogP contribution in [0.4, 0.5) is 0 Å². The Morgan fingerprint density at radius 2 is 2.35 bits per heavy atom. The molecule has 0 fully saturated rings. The number of hydrogen-bond acceptors (Lipinski definition) is 6. The molecule has 0 aliphatic heterocycles. The summed E-state index contributed by atoms with van der Waals surface area (Å²) >= 11 is 1.36. The van der Waals surface area contributed by atoms with E-state index in [1.165, 1.54) is 18.0 Å². The van der Waals surface area contributed by atoms with Crippen LogP contribution in [0.3, 0.4) is 0 Å². The van der Waals surface area contributed by atoms with E-state index >= 15 is 0 Å². The van der Waals surface area contributed by atoms with Gasteiger partial charge in [-0.3, -0.25) is 15.0 Å². The summed E-state index contributed by atoms with van der Waals surface area (Å²) in [6.45, 7) is 2.13. The molecule has 0 aromatic carbocycles. The molecule has 7 heteroatoms. The molecule has 0 aliphatic carbocycles. The van der Waals surface area contributed by atoms with Gasteiger partial charge in [0.05, 0.1) is 23.7 Å². The normalized spacial score (nSPS) is 10.0. The molecule has 1 aromatic rings. The second-order valence-electron chi connectivity index (χ2n) is 3.07. The second kappa shape index (κ2) is 6.97. The van der Waals surface area contributed by atoms with Crippen LogP contribution >= 0.6 is 11.8 Å². The summed E-state index contributed by atoms with van der Waals surface area (Å²) in [4.78, 5) is 22.2. The Morgan fingerprint density at radius 1 is 1.59 bits per heavy atom. The van der Waals surface area contributed by atoms with E-state index in [0.29, 0.717) is 23.7 Å². The molecule has 0 saturated heterocycles. The van der Waals surface area contributed by atoms with Crippen LogP contribution in [0.25, 0.3) is 0 Å². The quantitative estimate of drug-likeness (QED) is 0.337. The van der Waals surface area contributed by atoms with Crippen LogP contribution in [0.2, 0.25) is 0 Å². The summed E-state index contributed by atoms with van der Waals surface area (Å²) in [6.07, 6.45) is 1.32. The molecule has 1 heterocycles. The summed E-state index contributed by atoms with van der Waals surface area (Å²) in [5.74, 6) is 5.67. The predicted octanol–water partition coefficient (Wildman–Crippen LogP) is 0.679. The minimum atomic E-state index is -0.407. The smallest absolute Gasteiger partial charge is 0.315 e. The van der Waals surface area contributed by atoms with Gasteiger partial charge in [0, 0.05) is 0 Å². The number of nitrogens with one attached hydrogen (secondary N) is 1. The molecular formula is C10H14N2O4S. The molecule has 0 atom stereocenters. The topological polar surface area (TPSA) is 94.6 Å². The minimum Gasteiger partial charge on any atom is -0.468 e. The summed E-state index contributed by atoms with van der Waals surface area (Å²) < 4.78 is 9.91. The molecule has 0 spiro atoms. The number of nitrogen functional groups attached to an aromatic ring is 1. The number of amides is 1. The molecular weight excluding hydrogens is 244 g/mol. The van der Waals surface area contributed by atoms with Crippen molar-refractivity contribution in [2.45, 2.75) is 12.7 Å². The fourth-order valence-electron chi connectivity index (χ4n) is 1.10. The van der Waals surface area contributed by atoms with E-state index < -0.39 is 5.91 Å². The van der Waals surface area contributed by atoms with Crippen molar-refractivity contribution in [3.8, 4) is 0 Å². The molecule has 0 saturated carbocycles. The fraction of sp³-hybridized carbons (Fsp3) is 0.400. The number of hydrazine groups is 1. The second-order valence-corrected chi connectivity index (χ2v) is 4.06. The van der Waals surface area contributed by atoms with Crippen molar-refractivity contribution in [1.29, 1.82) is 0 Å². The monoisotopic (exact) mass is 258 g/mol. The van der Waals surface area contributed by atoms with Gasteiger partial charge < -0.3 is 9.15 Å². The number of ether oxygens (including phenoxy) is 1. The van der Waals surface area contributed by atoms with Gasteiger partial charge in [-0.2, -0.15) is 0 Å². The molecule has 3 N–H and O–H groups in total. The Kier molecular flexibility index (Phi) is 5.58. The van der Waals surface area contributed by atoms with Crippen LogP contribution < -0.4 is 11.3 Å². The van der Waals surface area contributed by atoms with Gasteiger partial charge in [0.15, 0.2) is 0 Å². The van der Waals surface area contributed by atoms with Crippen LogP contribution in [-0.2, 0) is 15.3 Å². The largest absolute Gasteiger partial charge is 0.468 e. The first-order valence-corrected chi connectivity index (χ1v) is 6.14. The van der Waals surface area contributed by atoms with E-state index in [2.05, 4.69) is 0 Å². The van der Waals surface area contributed by atoms with Crippen molar-refractivity contribution < 1.29 is 18.7 Å². The average Bonchev–Trinajstić information content (AvgIpc) is 2.77. The lowest BCUT2D eigenvalue weighted by Crippen LogP contribution is -2.29. The third kappa shape index (κ3) is 4.49. The van der Waals surface area contributed by atoms with Gasteiger partial charge in [-0.15, -0.1) is 11.8 Å². The average molecular weight is 258 g/mol. The molecule has 94 valence electrons. The Morgan fingerprint density at radius 3 is 3.00 bits per heavy atom. The van der Waals surface area contributed by atoms with Gasteiger partial charge in [-0.1, -0.05) is 0 Å². The lowest BCUT2D eigenvalue weighted by Gasteiger charge is -1.99. The third-order valence-electron chi connectivity index (χ3n) is 1.82. The number of thioether (sulfide) groups is 1. The fourth-order valence-corrected chi connectivity index (χ4v) is 1.80. The third-order valence-corrected chi connectivity index (χ3v) is 2.75. The van der Waals surface area contributed by atoms with Gasteiger partial charge in [-0.05, 0) is 13.0 Å². The van der Waals surface area contributed by atoms with Crippen LogP contribution in [0.1, 0.15) is 23.0 Å². The van der Waals surface area contributed by atoms with Gasteiger partial charge in [0.25, 0.3) is 5.91 Å². The van der Waals surface area contributed by atoms with Crippen LogP contribution in [-0.4, -0.2) is 24.2 Å². The van der Waals surface area contributed by atoms with E-state index in [9.17, 15) is 9.59 Å². The first-order valence-electron chi connectivity index (χ1n) is 4.99. The summed E-state index contributed by atoms with van der Waals surface area (Å²) in [5.41, 5.74) is 2.37. The van der Waals surface area contributed by atoms with Crippen LogP contribution in [0, 0.1) is 0 Å². The number of esters is 1. The number of nitrogens with two attached hydrogens (primary N) is 1. The zero-order chi connectivity index (χ0) is 12.7. The van der Waals surface area contributed by atoms with Gasteiger partial charge >= 0.3 is 5.97 Å². The van der Waals surface area contributed by atoms with Crippen molar-refractivity contribution in [3.05, 3.63) is 23.7 Å². The Labute approximate surface area is 103 Å². The van der Waals surface area contributed by atoms with E-state index in [1.807, 2.05) is 5.43 Å². The van der Waals surface area contributed by atoms with Crippen LogP contribution in [0.5, 0.6) is 0 Å². The molecule has 1 amide bonds. The highest BCUT2D eigenvalue weighted by Crippen LogP contribution is 2.15. The Balaban J connectivity index is 2.35. The van der Waals surface area contributed by atoms with Crippen molar-refractivity contribution >= 4 is 23.6 Å². The maximum atomic E-state index is 11.1. The van der Waals surface area contributed by atoms with Crippen molar-refractivity contribution in [2.75, 3.05) is 12.4 Å². The van der Waals surface area contributed by atoms with Gasteiger partial charge in [0.2, 0.25) is 0 Å². The van der Waals surface area contributed by atoms with E-state index in [0.717, 1.165) is 0 Å². The predicted molar refractivity (Wildman–Crippen MR) is 63.2 cm³/mol. The molecule has 0 aliphatic rings.